The first-order valence-corrected chi connectivity index (χ1v) is 8.09. The highest BCUT2D eigenvalue weighted by Gasteiger charge is 2.20. The van der Waals surface area contributed by atoms with E-state index in [4.69, 9.17) is 5.73 Å². The topological polar surface area (TPSA) is 96.7 Å². The van der Waals surface area contributed by atoms with E-state index in [0.29, 0.717) is 22.3 Å². The lowest BCUT2D eigenvalue weighted by molar-refractivity contribution is 0.101. The number of nitrogen functional groups attached to an aromatic ring is 1. The fraction of sp³-hybridized carbons (Fsp3) is 0. The average molecular weight is 383 g/mol. The summed E-state index contributed by atoms with van der Waals surface area (Å²) in [6, 6.07) is 9.21. The lowest BCUT2D eigenvalue weighted by Crippen LogP contribution is -2.17. The average Bonchev–Trinajstić information content (AvgIpc) is 3.09. The lowest BCUT2D eigenvalue weighted by Gasteiger charge is -2.08. The van der Waals surface area contributed by atoms with Gasteiger partial charge in [0.15, 0.2) is 11.5 Å². The summed E-state index contributed by atoms with van der Waals surface area (Å²) in [4.78, 5) is 16.4. The Morgan fingerprint density at radius 3 is 2.57 bits per heavy atom. The molecule has 4 N–H and O–H groups in total. The van der Waals surface area contributed by atoms with Gasteiger partial charge in [-0.2, -0.15) is 5.10 Å². The zero-order valence-electron chi connectivity index (χ0n) is 14.1. The van der Waals surface area contributed by atoms with Crippen molar-refractivity contribution in [3.05, 3.63) is 71.7 Å². The molecule has 9 heteroatoms. The smallest absolute Gasteiger partial charge is 0.261 e. The van der Waals surface area contributed by atoms with Crippen LogP contribution in [0, 0.1) is 17.5 Å². The number of hydrogen-bond donors (Lipinski definition) is 3. The number of rotatable bonds is 3. The normalized spacial score (nSPS) is 11.0. The number of fused-ring (bicyclic) bond motifs is 1. The van der Waals surface area contributed by atoms with Gasteiger partial charge in [0.05, 0.1) is 23.3 Å². The maximum absolute atomic E-state index is 14.1. The van der Waals surface area contributed by atoms with Crippen molar-refractivity contribution in [1.82, 2.24) is 15.2 Å². The lowest BCUT2D eigenvalue weighted by atomic mass is 10.1. The molecule has 0 fully saturated rings. The number of amides is 1. The molecule has 4 rings (SSSR count). The number of nitrogens with one attached hydrogen (secondary N) is 2. The van der Waals surface area contributed by atoms with Gasteiger partial charge in [0.2, 0.25) is 0 Å². The fourth-order valence-corrected chi connectivity index (χ4v) is 2.78. The molecule has 0 radical (unpaired) electrons. The van der Waals surface area contributed by atoms with Crippen molar-refractivity contribution < 1.29 is 18.0 Å². The van der Waals surface area contributed by atoms with Gasteiger partial charge in [0, 0.05) is 10.9 Å². The molecule has 0 spiro atoms. The molecule has 28 heavy (non-hydrogen) atoms. The maximum atomic E-state index is 14.1. The Kier molecular flexibility index (Phi) is 4.19. The number of aromatic nitrogens is 3. The van der Waals surface area contributed by atoms with E-state index < -0.39 is 23.1 Å². The van der Waals surface area contributed by atoms with Crippen molar-refractivity contribution in [3.63, 3.8) is 0 Å². The number of nitrogens with two attached hydrogens (primary N) is 1. The summed E-state index contributed by atoms with van der Waals surface area (Å²) in [6.45, 7) is 0. The molecular formula is C19H12F3N5O. The van der Waals surface area contributed by atoms with E-state index in [9.17, 15) is 18.0 Å². The van der Waals surface area contributed by atoms with E-state index in [1.807, 2.05) is 0 Å². The molecule has 2 aromatic heterocycles. The van der Waals surface area contributed by atoms with Crippen LogP contribution in [0.2, 0.25) is 0 Å². The molecule has 0 unspecified atom stereocenters. The van der Waals surface area contributed by atoms with Gasteiger partial charge >= 0.3 is 0 Å². The summed E-state index contributed by atoms with van der Waals surface area (Å²) < 4.78 is 41.1. The summed E-state index contributed by atoms with van der Waals surface area (Å²) in [7, 11) is 0. The number of halogens is 3. The molecule has 0 aliphatic heterocycles. The molecule has 0 aliphatic rings. The van der Waals surface area contributed by atoms with E-state index in [-0.39, 0.29) is 17.2 Å². The quantitative estimate of drug-likeness (QED) is 0.468. The Morgan fingerprint density at radius 2 is 1.82 bits per heavy atom. The molecule has 6 nitrogen and oxygen atoms in total. The first kappa shape index (κ1) is 17.5. The number of hydrogen-bond acceptors (Lipinski definition) is 4. The Labute approximate surface area is 156 Å². The largest absolute Gasteiger partial charge is 0.396 e. The van der Waals surface area contributed by atoms with Gasteiger partial charge in [-0.1, -0.05) is 0 Å². The van der Waals surface area contributed by atoms with Crippen LogP contribution in [0.1, 0.15) is 10.4 Å². The van der Waals surface area contributed by atoms with Crippen molar-refractivity contribution in [1.29, 1.82) is 0 Å². The Morgan fingerprint density at radius 1 is 1.07 bits per heavy atom. The molecule has 0 saturated heterocycles. The van der Waals surface area contributed by atoms with Crippen LogP contribution in [0.15, 0.2) is 48.7 Å². The summed E-state index contributed by atoms with van der Waals surface area (Å²) in [5.41, 5.74) is 6.05. The van der Waals surface area contributed by atoms with E-state index in [2.05, 4.69) is 20.5 Å². The highest BCUT2D eigenvalue weighted by atomic mass is 19.1. The number of pyridine rings is 1. The van der Waals surface area contributed by atoms with E-state index in [0.717, 1.165) is 12.1 Å². The van der Waals surface area contributed by atoms with Gasteiger partial charge in [-0.15, -0.1) is 0 Å². The Balaban J connectivity index is 1.71. The van der Waals surface area contributed by atoms with Gasteiger partial charge in [0.25, 0.3) is 5.91 Å². The number of H-pyrrole nitrogens is 1. The maximum Gasteiger partial charge on any atom is 0.261 e. The molecular weight excluding hydrogens is 371 g/mol. The third kappa shape index (κ3) is 3.02. The summed E-state index contributed by atoms with van der Waals surface area (Å²) in [6.07, 6.45) is 1.30. The summed E-state index contributed by atoms with van der Waals surface area (Å²) in [5, 5.41) is 9.80. The third-order valence-corrected chi connectivity index (χ3v) is 4.15. The van der Waals surface area contributed by atoms with E-state index >= 15 is 0 Å². The molecule has 0 atom stereocenters. The minimum absolute atomic E-state index is 0.198. The summed E-state index contributed by atoms with van der Waals surface area (Å²) >= 11 is 0. The Hall–Kier alpha value is -3.88. The zero-order chi connectivity index (χ0) is 19.8. The molecule has 140 valence electrons. The van der Waals surface area contributed by atoms with Gasteiger partial charge in [-0.05, 0) is 42.5 Å². The van der Waals surface area contributed by atoms with Crippen LogP contribution in [-0.4, -0.2) is 21.1 Å². The second kappa shape index (κ2) is 6.69. The van der Waals surface area contributed by atoms with Gasteiger partial charge in [-0.3, -0.25) is 9.89 Å². The number of anilines is 2. The molecule has 1 amide bonds. The van der Waals surface area contributed by atoms with Crippen LogP contribution in [0.3, 0.4) is 0 Å². The molecule has 2 heterocycles. The number of carbonyl (C=O) groups is 1. The third-order valence-electron chi connectivity index (χ3n) is 4.15. The molecule has 4 aromatic rings. The van der Waals surface area contributed by atoms with Gasteiger partial charge in [0.1, 0.15) is 17.2 Å². The van der Waals surface area contributed by atoms with Crippen LogP contribution in [0.25, 0.3) is 22.3 Å². The minimum Gasteiger partial charge on any atom is -0.396 e. The second-order valence-electron chi connectivity index (χ2n) is 5.98. The van der Waals surface area contributed by atoms with Gasteiger partial charge < -0.3 is 11.1 Å². The molecule has 0 bridgehead atoms. The Bertz CT molecular complexity index is 1200. The first-order valence-electron chi connectivity index (χ1n) is 8.09. The monoisotopic (exact) mass is 383 g/mol. The second-order valence-corrected chi connectivity index (χ2v) is 5.98. The van der Waals surface area contributed by atoms with Crippen molar-refractivity contribution in [2.75, 3.05) is 11.1 Å². The molecule has 2 aromatic carbocycles. The molecule has 0 aliphatic carbocycles. The fourth-order valence-electron chi connectivity index (χ4n) is 2.78. The van der Waals surface area contributed by atoms with E-state index in [1.54, 1.807) is 18.2 Å². The number of nitrogens with zero attached hydrogens (tertiary/aromatic N) is 2. The highest BCUT2D eigenvalue weighted by molar-refractivity contribution is 6.06. The van der Waals surface area contributed by atoms with Crippen molar-refractivity contribution in [3.8, 4) is 11.3 Å². The van der Waals surface area contributed by atoms with Crippen LogP contribution >= 0.6 is 0 Å². The number of aromatic amines is 1. The van der Waals surface area contributed by atoms with E-state index in [1.165, 1.54) is 18.3 Å². The van der Waals surface area contributed by atoms with Crippen LogP contribution in [0.4, 0.5) is 24.5 Å². The van der Waals surface area contributed by atoms with Crippen LogP contribution < -0.4 is 11.1 Å². The predicted molar refractivity (Wildman–Crippen MR) is 98.0 cm³/mol. The van der Waals surface area contributed by atoms with Crippen molar-refractivity contribution in [2.45, 2.75) is 0 Å². The summed E-state index contributed by atoms with van der Waals surface area (Å²) in [5.74, 6) is -3.56. The predicted octanol–water partition coefficient (Wildman–Crippen LogP) is 3.88. The van der Waals surface area contributed by atoms with Crippen LogP contribution in [-0.2, 0) is 0 Å². The zero-order valence-corrected chi connectivity index (χ0v) is 14.1. The first-order chi connectivity index (χ1) is 13.4. The molecule has 0 saturated carbocycles. The van der Waals surface area contributed by atoms with Crippen LogP contribution in [0.5, 0.6) is 0 Å². The van der Waals surface area contributed by atoms with Crippen molar-refractivity contribution in [2.24, 2.45) is 0 Å². The van der Waals surface area contributed by atoms with Gasteiger partial charge in [-0.25, -0.2) is 18.2 Å². The highest BCUT2D eigenvalue weighted by Crippen LogP contribution is 2.28. The number of carbonyl (C=O) groups excluding carboxylic acids is 1. The number of benzene rings is 2. The van der Waals surface area contributed by atoms with Crippen molar-refractivity contribution >= 4 is 28.3 Å². The minimum atomic E-state index is -1.14. The SMILES string of the molecule is Nc1ccc(F)c(C(=O)Nc2cnc3n[nH]c(-c4ccc(F)cc4)c3c2)c1F. The standard InChI is InChI=1S/C19H12F3N5O/c20-10-3-1-9(2-4-10)17-12-7-11(8-24-18(12)27-26-17)25-19(28)15-13(21)5-6-14(23)16(15)22/h1-8H,23H2,(H,25,28)(H,24,26,27).